The van der Waals surface area contributed by atoms with Crippen molar-refractivity contribution in [2.45, 2.75) is 24.4 Å². The number of para-hydroxylation sites is 1. The van der Waals surface area contributed by atoms with Gasteiger partial charge in [0.25, 0.3) is 0 Å². The van der Waals surface area contributed by atoms with Gasteiger partial charge in [-0.25, -0.2) is 0 Å². The Morgan fingerprint density at radius 1 is 0.848 bits per heavy atom. The highest BCUT2D eigenvalue weighted by Crippen LogP contribution is 2.48. The molecule has 0 aromatic heterocycles. The zero-order valence-electron chi connectivity index (χ0n) is 17.4. The third-order valence-electron chi connectivity index (χ3n) is 6.40. The van der Waals surface area contributed by atoms with Crippen molar-refractivity contribution in [3.63, 3.8) is 0 Å². The van der Waals surface area contributed by atoms with Crippen LogP contribution in [0.3, 0.4) is 0 Å². The van der Waals surface area contributed by atoms with E-state index in [0.717, 1.165) is 5.56 Å². The summed E-state index contributed by atoms with van der Waals surface area (Å²) in [5, 5.41) is 30.6. The topological polar surface area (TPSA) is 122 Å². The Kier molecular flexibility index (Phi) is 5.05. The molecule has 0 saturated carbocycles. The van der Waals surface area contributed by atoms with Gasteiger partial charge in [-0.1, -0.05) is 60.7 Å². The number of nitrogens with zero attached hydrogens (tertiary/aromatic N) is 3. The molecule has 2 aliphatic rings. The minimum Gasteiger partial charge on any atom is -0.502 e. The molecule has 0 spiro atoms. The molecule has 0 saturated heterocycles. The van der Waals surface area contributed by atoms with E-state index in [1.165, 1.54) is 12.1 Å². The monoisotopic (exact) mass is 441 g/mol. The number of aromatic hydroxyl groups is 1. The minimum atomic E-state index is -0.961. The van der Waals surface area contributed by atoms with Crippen molar-refractivity contribution < 1.29 is 19.6 Å². The van der Waals surface area contributed by atoms with Gasteiger partial charge in [-0.15, -0.1) is 0 Å². The molecule has 1 N–H and O–H groups in total. The summed E-state index contributed by atoms with van der Waals surface area (Å²) >= 11 is 0. The number of phenolic OH excluding ortho intramolecular Hbond substituents is 1. The molecule has 3 aromatic rings. The molecule has 0 radical (unpaired) electrons. The van der Waals surface area contributed by atoms with Gasteiger partial charge in [0.2, 0.25) is 0 Å². The van der Waals surface area contributed by atoms with Gasteiger partial charge in [-0.3, -0.25) is 19.7 Å². The lowest BCUT2D eigenvalue weighted by atomic mass is 9.78. The maximum absolute atomic E-state index is 13.0. The number of phenols is 1. The lowest BCUT2D eigenvalue weighted by molar-refractivity contribution is -0.386. The number of nitro benzene ring substituents is 1. The van der Waals surface area contributed by atoms with Gasteiger partial charge in [0.1, 0.15) is 12.0 Å². The second-order valence-electron chi connectivity index (χ2n) is 8.22. The van der Waals surface area contributed by atoms with Crippen molar-refractivity contribution in [3.05, 3.63) is 105 Å². The second kappa shape index (κ2) is 8.05. The van der Waals surface area contributed by atoms with Gasteiger partial charge in [-0.05, 0) is 24.1 Å². The summed E-state index contributed by atoms with van der Waals surface area (Å²) in [5.74, 6) is -2.32. The molecule has 1 aliphatic heterocycles. The van der Waals surface area contributed by atoms with E-state index in [0.29, 0.717) is 17.5 Å². The fourth-order valence-electron chi connectivity index (χ4n) is 4.88. The van der Waals surface area contributed by atoms with Gasteiger partial charge in [-0.2, -0.15) is 10.2 Å². The number of fused-ring (bicyclic) bond motifs is 1. The van der Waals surface area contributed by atoms with Gasteiger partial charge >= 0.3 is 5.69 Å². The maximum Gasteiger partial charge on any atom is 0.316 e. The van der Waals surface area contributed by atoms with Gasteiger partial charge in [0.05, 0.1) is 16.5 Å². The molecule has 3 aromatic carbocycles. The second-order valence-corrected chi connectivity index (χ2v) is 8.22. The van der Waals surface area contributed by atoms with Gasteiger partial charge < -0.3 is 5.11 Å². The van der Waals surface area contributed by atoms with Crippen molar-refractivity contribution in [3.8, 4) is 5.75 Å². The zero-order chi connectivity index (χ0) is 23.1. The molecular formula is C25H19N3O5. The summed E-state index contributed by atoms with van der Waals surface area (Å²) in [6.45, 7) is 0. The summed E-state index contributed by atoms with van der Waals surface area (Å²) in [7, 11) is 0. The highest BCUT2D eigenvalue weighted by atomic mass is 16.6. The lowest BCUT2D eigenvalue weighted by Gasteiger charge is -2.32. The number of carbonyl (C=O) groups excluding carboxylic acids is 2. The Hall–Kier alpha value is -4.20. The fraction of sp³-hybridized carbons (Fsp3) is 0.200. The first-order valence-corrected chi connectivity index (χ1v) is 10.6. The Bertz CT molecular complexity index is 1270. The fourth-order valence-corrected chi connectivity index (χ4v) is 4.88. The SMILES string of the molecule is O=C1c2ccccc2C(=O)C1C1CC(c2ccccc2)C(c2cccc(O)c2[N+](=O)[O-])N=N1. The zero-order valence-corrected chi connectivity index (χ0v) is 17.4. The molecule has 0 bridgehead atoms. The highest BCUT2D eigenvalue weighted by Gasteiger charge is 2.47. The molecule has 0 amide bonds. The van der Waals surface area contributed by atoms with Crippen LogP contribution in [0, 0.1) is 16.0 Å². The van der Waals surface area contributed by atoms with E-state index < -0.39 is 34.4 Å². The van der Waals surface area contributed by atoms with Crippen LogP contribution in [0.1, 0.15) is 50.2 Å². The molecule has 8 nitrogen and oxygen atoms in total. The lowest BCUT2D eigenvalue weighted by Crippen LogP contribution is -2.33. The number of ketones is 2. The Balaban J connectivity index is 1.58. The predicted molar refractivity (Wildman–Crippen MR) is 119 cm³/mol. The molecule has 1 aliphatic carbocycles. The van der Waals surface area contributed by atoms with Crippen molar-refractivity contribution in [1.82, 2.24) is 0 Å². The average Bonchev–Trinajstić information content (AvgIpc) is 3.09. The van der Waals surface area contributed by atoms with Crippen molar-refractivity contribution in [1.29, 1.82) is 0 Å². The number of hydrogen-bond donors (Lipinski definition) is 1. The number of nitro groups is 1. The average molecular weight is 441 g/mol. The minimum absolute atomic E-state index is 0.239. The molecule has 8 heteroatoms. The van der Waals surface area contributed by atoms with Crippen LogP contribution >= 0.6 is 0 Å². The smallest absolute Gasteiger partial charge is 0.316 e. The highest BCUT2D eigenvalue weighted by molar-refractivity contribution is 6.26. The van der Waals surface area contributed by atoms with E-state index in [1.807, 2.05) is 30.3 Å². The number of hydrogen-bond acceptors (Lipinski definition) is 7. The molecule has 5 rings (SSSR count). The summed E-state index contributed by atoms with van der Waals surface area (Å²) in [6, 6.07) is 19.0. The maximum atomic E-state index is 13.0. The number of Topliss-reactive ketones (excluding diaryl/α,β-unsaturated/α-hetero) is 2. The van der Waals surface area contributed by atoms with Crippen LogP contribution in [0.15, 0.2) is 83.0 Å². The summed E-state index contributed by atoms with van der Waals surface area (Å²) in [6.07, 6.45) is 0.307. The summed E-state index contributed by atoms with van der Waals surface area (Å²) in [4.78, 5) is 37.2. The number of carbonyl (C=O) groups is 2. The van der Waals surface area contributed by atoms with Crippen LogP contribution in [0.2, 0.25) is 0 Å². The van der Waals surface area contributed by atoms with Crippen LogP contribution in [0.25, 0.3) is 0 Å². The number of rotatable bonds is 4. The molecule has 164 valence electrons. The van der Waals surface area contributed by atoms with E-state index in [-0.39, 0.29) is 23.0 Å². The van der Waals surface area contributed by atoms with E-state index in [4.69, 9.17) is 0 Å². The first kappa shape index (κ1) is 20.7. The Morgan fingerprint density at radius 2 is 1.48 bits per heavy atom. The molecule has 0 fully saturated rings. The Labute approximate surface area is 188 Å². The quantitative estimate of drug-likeness (QED) is 0.345. The van der Waals surface area contributed by atoms with Gasteiger partial charge in [0.15, 0.2) is 17.3 Å². The first-order valence-electron chi connectivity index (χ1n) is 10.6. The third kappa shape index (κ3) is 3.40. The molecule has 3 unspecified atom stereocenters. The summed E-state index contributed by atoms with van der Waals surface area (Å²) < 4.78 is 0. The standard InChI is InChI=1S/C25H19N3O5/c29-20-12-6-11-17(23(20)28(32)33)22-18(14-7-2-1-3-8-14)13-19(26-27-22)21-24(30)15-9-4-5-10-16(15)25(21)31/h1-12,18-19,21-22,29H,13H2. The predicted octanol–water partition coefficient (Wildman–Crippen LogP) is 5.05. The van der Waals surface area contributed by atoms with Crippen LogP contribution in [-0.2, 0) is 0 Å². The number of azo groups is 1. The van der Waals surface area contributed by atoms with Crippen LogP contribution in [0.4, 0.5) is 5.69 Å². The van der Waals surface area contributed by atoms with Crippen molar-refractivity contribution in [2.24, 2.45) is 16.1 Å². The number of benzene rings is 3. The Morgan fingerprint density at radius 3 is 2.12 bits per heavy atom. The van der Waals surface area contributed by atoms with E-state index in [9.17, 15) is 24.8 Å². The molecular weight excluding hydrogens is 422 g/mol. The van der Waals surface area contributed by atoms with Gasteiger partial charge in [0, 0.05) is 17.0 Å². The van der Waals surface area contributed by atoms with Crippen molar-refractivity contribution in [2.75, 3.05) is 0 Å². The summed E-state index contributed by atoms with van der Waals surface area (Å²) in [5.41, 5.74) is 1.47. The van der Waals surface area contributed by atoms with Crippen molar-refractivity contribution >= 4 is 17.3 Å². The first-order chi connectivity index (χ1) is 16.0. The normalized spacial score (nSPS) is 22.4. The van der Waals surface area contributed by atoms with Crippen LogP contribution in [0.5, 0.6) is 5.75 Å². The molecule has 33 heavy (non-hydrogen) atoms. The van der Waals surface area contributed by atoms with E-state index in [2.05, 4.69) is 10.2 Å². The van der Waals surface area contributed by atoms with E-state index in [1.54, 1.807) is 30.3 Å². The largest absolute Gasteiger partial charge is 0.502 e. The van der Waals surface area contributed by atoms with E-state index >= 15 is 0 Å². The van der Waals surface area contributed by atoms with Crippen LogP contribution < -0.4 is 0 Å². The molecule has 3 atom stereocenters. The molecule has 1 heterocycles. The third-order valence-corrected chi connectivity index (χ3v) is 6.40. The van der Waals surface area contributed by atoms with Crippen LogP contribution in [-0.4, -0.2) is 27.6 Å².